The fourth-order valence-corrected chi connectivity index (χ4v) is 2.59. The number of likely N-dealkylation sites (N-methyl/N-ethyl adjacent to an activating group) is 1. The summed E-state index contributed by atoms with van der Waals surface area (Å²) in [6, 6.07) is 6.85. The molecule has 0 aromatic heterocycles. The minimum Gasteiger partial charge on any atom is -0.353 e. The van der Waals surface area contributed by atoms with Crippen LogP contribution in [0.1, 0.15) is 25.0 Å². The van der Waals surface area contributed by atoms with Gasteiger partial charge in [-0.25, -0.2) is 4.79 Å². The lowest BCUT2D eigenvalue weighted by molar-refractivity contribution is -0.134. The van der Waals surface area contributed by atoms with E-state index >= 15 is 0 Å². The van der Waals surface area contributed by atoms with E-state index in [4.69, 9.17) is 0 Å². The molecule has 4 amide bonds. The fraction of sp³-hybridized carbons (Fsp3) is 0.471. The highest BCUT2D eigenvalue weighted by molar-refractivity contribution is 6.09. The topological polar surface area (TPSA) is 90.5 Å². The van der Waals surface area contributed by atoms with Crippen molar-refractivity contribution in [2.45, 2.75) is 26.3 Å². The lowest BCUT2D eigenvalue weighted by Crippen LogP contribution is -2.44. The van der Waals surface area contributed by atoms with E-state index in [1.165, 1.54) is 0 Å². The molecule has 1 unspecified atom stereocenters. The molecule has 1 fully saturated rings. The molecule has 3 N–H and O–H groups in total. The van der Waals surface area contributed by atoms with Crippen molar-refractivity contribution >= 4 is 17.8 Å². The Kier molecular flexibility index (Phi) is 5.56. The van der Waals surface area contributed by atoms with E-state index in [1.807, 2.05) is 38.1 Å². The molecule has 1 atom stereocenters. The highest BCUT2D eigenvalue weighted by Gasteiger charge is 2.49. The molecule has 0 aliphatic carbocycles. The molecule has 130 valence electrons. The first kappa shape index (κ1) is 17.9. The largest absolute Gasteiger partial charge is 0.353 e. The average molecular weight is 332 g/mol. The van der Waals surface area contributed by atoms with Gasteiger partial charge < -0.3 is 16.0 Å². The molecule has 0 bridgehead atoms. The summed E-state index contributed by atoms with van der Waals surface area (Å²) >= 11 is 0. The number of rotatable bonds is 7. The summed E-state index contributed by atoms with van der Waals surface area (Å²) in [6.07, 6.45) is 0. The summed E-state index contributed by atoms with van der Waals surface area (Å²) in [6.45, 7) is 7.21. The van der Waals surface area contributed by atoms with E-state index in [9.17, 15) is 14.4 Å². The second-order valence-electron chi connectivity index (χ2n) is 6.02. The number of hydrogen-bond donors (Lipinski definition) is 3. The van der Waals surface area contributed by atoms with Gasteiger partial charge in [0.05, 0.1) is 0 Å². The minimum absolute atomic E-state index is 0.280. The average Bonchev–Trinajstić information content (AvgIpc) is 2.76. The third kappa shape index (κ3) is 3.73. The number of amides is 4. The van der Waals surface area contributed by atoms with E-state index < -0.39 is 17.5 Å². The van der Waals surface area contributed by atoms with Crippen LogP contribution < -0.4 is 16.0 Å². The van der Waals surface area contributed by atoms with Crippen molar-refractivity contribution in [1.82, 2.24) is 20.9 Å². The number of carbonyl (C=O) groups excluding carboxylic acids is 3. The molecule has 1 aromatic carbocycles. The number of hydrogen-bond acceptors (Lipinski definition) is 4. The summed E-state index contributed by atoms with van der Waals surface area (Å²) in [5.74, 6) is -0.775. The minimum atomic E-state index is -1.14. The van der Waals surface area contributed by atoms with Gasteiger partial charge >= 0.3 is 6.03 Å². The summed E-state index contributed by atoms with van der Waals surface area (Å²) in [7, 11) is 0. The maximum absolute atomic E-state index is 12.7. The number of carbonyl (C=O) groups is 3. The number of nitrogens with one attached hydrogen (secondary N) is 3. The van der Waals surface area contributed by atoms with Gasteiger partial charge in [-0.3, -0.25) is 14.5 Å². The molecule has 1 aliphatic rings. The number of nitrogens with zero attached hydrogens (tertiary/aromatic N) is 1. The van der Waals surface area contributed by atoms with Gasteiger partial charge in [0.2, 0.25) is 5.91 Å². The molecule has 1 aliphatic heterocycles. The third-order valence-electron chi connectivity index (χ3n) is 4.08. The Morgan fingerprint density at radius 1 is 1.21 bits per heavy atom. The lowest BCUT2D eigenvalue weighted by atomic mass is 9.91. The van der Waals surface area contributed by atoms with Crippen molar-refractivity contribution in [2.24, 2.45) is 0 Å². The van der Waals surface area contributed by atoms with Gasteiger partial charge in [0.1, 0.15) is 12.1 Å². The van der Waals surface area contributed by atoms with Crippen LogP contribution in [0.5, 0.6) is 0 Å². The maximum Gasteiger partial charge on any atom is 0.325 e. The Labute approximate surface area is 141 Å². The van der Waals surface area contributed by atoms with Crippen LogP contribution in [0.4, 0.5) is 4.79 Å². The van der Waals surface area contributed by atoms with Gasteiger partial charge in [0.25, 0.3) is 5.91 Å². The van der Waals surface area contributed by atoms with Crippen molar-refractivity contribution in [2.75, 3.05) is 26.2 Å². The molecule has 0 saturated carbocycles. The molecule has 1 saturated heterocycles. The monoisotopic (exact) mass is 332 g/mol. The van der Waals surface area contributed by atoms with Crippen LogP contribution in [-0.4, -0.2) is 48.9 Å². The molecular weight excluding hydrogens is 308 g/mol. The summed E-state index contributed by atoms with van der Waals surface area (Å²) in [4.78, 5) is 37.7. The quantitative estimate of drug-likeness (QED) is 0.501. The predicted molar refractivity (Wildman–Crippen MR) is 90.3 cm³/mol. The van der Waals surface area contributed by atoms with Crippen molar-refractivity contribution in [3.8, 4) is 0 Å². The predicted octanol–water partition coefficient (Wildman–Crippen LogP) is 0.488. The Balaban J connectivity index is 2.03. The normalized spacial score (nSPS) is 20.2. The van der Waals surface area contributed by atoms with Crippen LogP contribution in [0.25, 0.3) is 0 Å². The molecule has 0 spiro atoms. The molecule has 7 heteroatoms. The van der Waals surface area contributed by atoms with Crippen LogP contribution in [0.2, 0.25) is 0 Å². The first-order chi connectivity index (χ1) is 11.4. The molecule has 1 heterocycles. The van der Waals surface area contributed by atoms with Gasteiger partial charge in [0, 0.05) is 13.1 Å². The fourth-order valence-electron chi connectivity index (χ4n) is 2.59. The number of urea groups is 1. The van der Waals surface area contributed by atoms with Gasteiger partial charge in [0.15, 0.2) is 0 Å². The molecule has 24 heavy (non-hydrogen) atoms. The Hall–Kier alpha value is -2.41. The van der Waals surface area contributed by atoms with Crippen molar-refractivity contribution in [1.29, 1.82) is 0 Å². The van der Waals surface area contributed by atoms with Crippen LogP contribution in [-0.2, 0) is 15.1 Å². The van der Waals surface area contributed by atoms with Crippen molar-refractivity contribution < 1.29 is 14.4 Å². The molecule has 0 radical (unpaired) electrons. The van der Waals surface area contributed by atoms with E-state index in [1.54, 1.807) is 6.92 Å². The third-order valence-corrected chi connectivity index (χ3v) is 4.08. The summed E-state index contributed by atoms with van der Waals surface area (Å²) in [5.41, 5.74) is 0.618. The first-order valence-corrected chi connectivity index (χ1v) is 8.07. The van der Waals surface area contributed by atoms with Gasteiger partial charge in [-0.15, -0.1) is 0 Å². The highest BCUT2D eigenvalue weighted by Crippen LogP contribution is 2.28. The highest BCUT2D eigenvalue weighted by atomic mass is 16.2. The standard InChI is InChI=1S/C17H24N4O3/c1-4-18-9-10-19-14(22)11-21-15(23)17(3,20-16(21)24)13-7-5-12(2)6-8-13/h5-8,18H,4,9-11H2,1-3H3,(H,19,22)(H,20,24). The van der Waals surface area contributed by atoms with Crippen LogP contribution in [0.3, 0.4) is 0 Å². The van der Waals surface area contributed by atoms with E-state index in [0.717, 1.165) is 17.0 Å². The Morgan fingerprint density at radius 3 is 2.50 bits per heavy atom. The van der Waals surface area contributed by atoms with Crippen molar-refractivity contribution in [3.05, 3.63) is 35.4 Å². The zero-order valence-corrected chi connectivity index (χ0v) is 14.3. The lowest BCUT2D eigenvalue weighted by Gasteiger charge is -2.22. The maximum atomic E-state index is 12.7. The molecular formula is C17H24N4O3. The van der Waals surface area contributed by atoms with E-state index in [0.29, 0.717) is 18.7 Å². The Morgan fingerprint density at radius 2 is 1.88 bits per heavy atom. The smallest absolute Gasteiger partial charge is 0.325 e. The van der Waals surface area contributed by atoms with Crippen LogP contribution >= 0.6 is 0 Å². The van der Waals surface area contributed by atoms with Gasteiger partial charge in [-0.05, 0) is 26.0 Å². The van der Waals surface area contributed by atoms with Gasteiger partial charge in [-0.1, -0.05) is 36.8 Å². The van der Waals surface area contributed by atoms with E-state index in [2.05, 4.69) is 16.0 Å². The summed E-state index contributed by atoms with van der Waals surface area (Å²) in [5, 5.41) is 8.46. The molecule has 2 rings (SSSR count). The van der Waals surface area contributed by atoms with E-state index in [-0.39, 0.29) is 12.5 Å². The molecule has 1 aromatic rings. The number of benzene rings is 1. The molecule has 7 nitrogen and oxygen atoms in total. The van der Waals surface area contributed by atoms with Gasteiger partial charge in [-0.2, -0.15) is 0 Å². The number of aryl methyl sites for hydroxylation is 1. The Bertz CT molecular complexity index is 629. The second kappa shape index (κ2) is 7.44. The van der Waals surface area contributed by atoms with Crippen LogP contribution in [0, 0.1) is 6.92 Å². The summed E-state index contributed by atoms with van der Waals surface area (Å²) < 4.78 is 0. The SMILES string of the molecule is CCNCCNC(=O)CN1C(=O)NC(C)(c2ccc(C)cc2)C1=O. The first-order valence-electron chi connectivity index (χ1n) is 8.07. The number of imide groups is 1. The zero-order chi connectivity index (χ0) is 17.7. The van der Waals surface area contributed by atoms with Crippen molar-refractivity contribution in [3.63, 3.8) is 0 Å². The second-order valence-corrected chi connectivity index (χ2v) is 6.02. The van der Waals surface area contributed by atoms with Crippen LogP contribution in [0.15, 0.2) is 24.3 Å². The zero-order valence-electron chi connectivity index (χ0n) is 14.3.